The average molecular weight is 695 g/mol. The van der Waals surface area contributed by atoms with Crippen molar-refractivity contribution in [2.75, 3.05) is 13.1 Å². The van der Waals surface area contributed by atoms with Gasteiger partial charge in [-0.05, 0) is 55.9 Å². The quantitative estimate of drug-likeness (QED) is 0.134. The zero-order valence-corrected chi connectivity index (χ0v) is 28.3. The van der Waals surface area contributed by atoms with Gasteiger partial charge >= 0.3 is 6.16 Å². The maximum atomic E-state index is 13.2. The van der Waals surface area contributed by atoms with Crippen LogP contribution in [0.2, 0.25) is 0 Å². The zero-order valence-electron chi connectivity index (χ0n) is 26.0. The lowest BCUT2D eigenvalue weighted by molar-refractivity contribution is -0.380. The standard InChI is InChI=1S/C34H48BrN3O5.ClH/c1-2-3-4-5-6-7-10-21-37-33(40)31(38-32(39)27-17-13-26(23-36)14-18-27)22-25-15-19-29(20-16-25)43-34(41)42-24-28-11-8-9-12-30(28)35;/h8-9,11-12,15-16,19-20,26-27,31H,2-7,10,13-14,17-18,21-24,36H2,1H3,(H,37,40)(H,38,39);1H/t26?,27?,31-;/m0./s1. The first-order chi connectivity index (χ1) is 20.9. The van der Waals surface area contributed by atoms with Crippen LogP contribution in [0.3, 0.4) is 0 Å². The molecule has 0 saturated heterocycles. The Bertz CT molecular complexity index is 1140. The van der Waals surface area contributed by atoms with Crippen molar-refractivity contribution < 1.29 is 42.0 Å². The van der Waals surface area contributed by atoms with Crippen molar-refractivity contribution in [1.29, 1.82) is 0 Å². The lowest BCUT2D eigenvalue weighted by Gasteiger charge is -2.27. The van der Waals surface area contributed by atoms with E-state index in [0.717, 1.165) is 60.7 Å². The van der Waals surface area contributed by atoms with Gasteiger partial charge in [-0.3, -0.25) is 9.59 Å². The van der Waals surface area contributed by atoms with Gasteiger partial charge in [-0.15, -0.1) is 0 Å². The molecule has 2 aromatic carbocycles. The third-order valence-corrected chi connectivity index (χ3v) is 8.98. The van der Waals surface area contributed by atoms with Crippen molar-refractivity contribution in [1.82, 2.24) is 10.6 Å². The summed E-state index contributed by atoms with van der Waals surface area (Å²) in [5, 5.41) is 6.10. The molecule has 0 spiro atoms. The molecule has 1 aliphatic rings. The highest BCUT2D eigenvalue weighted by atomic mass is 79.9. The van der Waals surface area contributed by atoms with Crippen LogP contribution in [0.5, 0.6) is 5.75 Å². The molecule has 3 rings (SSSR count). The molecule has 244 valence electrons. The molecule has 0 heterocycles. The molecular formula is C34H49BrClN3O5. The smallest absolute Gasteiger partial charge is 0.514 e. The molecule has 2 aromatic rings. The summed E-state index contributed by atoms with van der Waals surface area (Å²) in [6, 6.07) is 13.8. The van der Waals surface area contributed by atoms with E-state index >= 15 is 0 Å². The maximum Gasteiger partial charge on any atom is 0.514 e. The van der Waals surface area contributed by atoms with E-state index < -0.39 is 12.2 Å². The molecular weight excluding hydrogens is 646 g/mol. The number of hydrogen-bond donors (Lipinski definition) is 3. The van der Waals surface area contributed by atoms with Gasteiger partial charge in [0.15, 0.2) is 0 Å². The molecule has 1 saturated carbocycles. The van der Waals surface area contributed by atoms with Gasteiger partial charge in [0.25, 0.3) is 0 Å². The number of benzene rings is 2. The summed E-state index contributed by atoms with van der Waals surface area (Å²) in [4.78, 5) is 38.6. The van der Waals surface area contributed by atoms with Crippen molar-refractivity contribution in [3.63, 3.8) is 0 Å². The van der Waals surface area contributed by atoms with Crippen molar-refractivity contribution in [3.05, 3.63) is 64.1 Å². The molecule has 1 fully saturated rings. The first-order valence-corrected chi connectivity index (χ1v) is 16.7. The van der Waals surface area contributed by atoms with E-state index in [1.54, 1.807) is 24.3 Å². The van der Waals surface area contributed by atoms with E-state index in [2.05, 4.69) is 39.2 Å². The van der Waals surface area contributed by atoms with Crippen LogP contribution in [0.4, 0.5) is 4.79 Å². The molecule has 10 heteroatoms. The van der Waals surface area contributed by atoms with E-state index in [-0.39, 0.29) is 36.7 Å². The van der Waals surface area contributed by atoms with Crippen molar-refractivity contribution in [3.8, 4) is 5.75 Å². The van der Waals surface area contributed by atoms with Crippen LogP contribution < -0.4 is 33.5 Å². The second-order valence-electron chi connectivity index (χ2n) is 11.6. The molecule has 8 nitrogen and oxygen atoms in total. The minimum atomic E-state index is -0.799. The molecule has 0 unspecified atom stereocenters. The normalized spacial score (nSPS) is 16.7. The number of nitrogens with one attached hydrogen (secondary N) is 2. The largest absolute Gasteiger partial charge is 1.00 e. The lowest BCUT2D eigenvalue weighted by atomic mass is 9.81. The Morgan fingerprint density at radius 2 is 1.59 bits per heavy atom. The summed E-state index contributed by atoms with van der Waals surface area (Å²) in [7, 11) is 0. The van der Waals surface area contributed by atoms with Gasteiger partial charge in [-0.1, -0.05) is 91.7 Å². The highest BCUT2D eigenvalue weighted by Crippen LogP contribution is 2.28. The first-order valence-electron chi connectivity index (χ1n) is 15.9. The summed E-state index contributed by atoms with van der Waals surface area (Å²) in [6.45, 7) is 3.80. The number of carbonyl (C=O) groups is 3. The Kier molecular flexibility index (Phi) is 18.1. The van der Waals surface area contributed by atoms with E-state index in [9.17, 15) is 14.4 Å². The molecule has 0 bridgehead atoms. The van der Waals surface area contributed by atoms with Crippen LogP contribution in [-0.4, -0.2) is 37.1 Å². The van der Waals surface area contributed by atoms with Gasteiger partial charge in [0, 0.05) is 34.8 Å². The van der Waals surface area contributed by atoms with Gasteiger partial charge < -0.3 is 38.2 Å². The Balaban J connectivity index is 0.00000675. The van der Waals surface area contributed by atoms with E-state index in [0.29, 0.717) is 24.6 Å². The molecule has 5 N–H and O–H groups in total. The third-order valence-electron chi connectivity index (χ3n) is 8.21. The highest BCUT2D eigenvalue weighted by molar-refractivity contribution is 9.10. The second-order valence-corrected chi connectivity index (χ2v) is 12.4. The van der Waals surface area contributed by atoms with Crippen molar-refractivity contribution in [2.45, 2.75) is 96.6 Å². The summed E-state index contributed by atoms with van der Waals surface area (Å²) in [5.74, 6) is 0.642. The van der Waals surface area contributed by atoms with Crippen LogP contribution in [0.15, 0.2) is 53.0 Å². The average Bonchev–Trinajstić information content (AvgIpc) is 3.02. The van der Waals surface area contributed by atoms with E-state index in [4.69, 9.17) is 9.47 Å². The molecule has 1 atom stereocenters. The molecule has 1 aliphatic carbocycles. The van der Waals surface area contributed by atoms with E-state index in [1.165, 1.54) is 32.1 Å². The number of rotatable bonds is 17. The second kappa shape index (κ2) is 21.2. The lowest BCUT2D eigenvalue weighted by Crippen LogP contribution is -3.00. The molecule has 0 aromatic heterocycles. The Labute approximate surface area is 277 Å². The number of unbranched alkanes of at least 4 members (excludes halogenated alkanes) is 6. The fourth-order valence-electron chi connectivity index (χ4n) is 5.44. The van der Waals surface area contributed by atoms with Gasteiger partial charge in [0.1, 0.15) is 18.4 Å². The predicted octanol–water partition coefficient (Wildman–Crippen LogP) is 3.11. The Morgan fingerprint density at radius 1 is 0.932 bits per heavy atom. The topological polar surface area (TPSA) is 121 Å². The van der Waals surface area contributed by atoms with Crippen LogP contribution in [-0.2, 0) is 27.4 Å². The van der Waals surface area contributed by atoms with Crippen molar-refractivity contribution in [2.24, 2.45) is 11.8 Å². The summed E-state index contributed by atoms with van der Waals surface area (Å²) in [5.41, 5.74) is 5.70. The number of amides is 2. The van der Waals surface area contributed by atoms with Crippen LogP contribution in [0, 0.1) is 11.8 Å². The molecule has 44 heavy (non-hydrogen) atoms. The Morgan fingerprint density at radius 3 is 2.25 bits per heavy atom. The molecule has 0 aliphatic heterocycles. The SMILES string of the molecule is CCCCCCCCCNC(=O)[C@H](Cc1ccc(OC(=O)OCc2ccccc2Br)cc1)NC(=O)C1CCC(C[NH3+])CC1.[Cl-]. The third kappa shape index (κ3) is 13.6. The van der Waals surface area contributed by atoms with Gasteiger partial charge in [-0.25, -0.2) is 4.79 Å². The first kappa shape index (κ1) is 37.6. The predicted molar refractivity (Wildman–Crippen MR) is 171 cm³/mol. The summed E-state index contributed by atoms with van der Waals surface area (Å²) < 4.78 is 11.4. The fraction of sp³-hybridized carbons (Fsp3) is 0.559. The number of quaternary nitrogens is 1. The van der Waals surface area contributed by atoms with Crippen molar-refractivity contribution >= 4 is 33.9 Å². The molecule has 0 radical (unpaired) electrons. The highest BCUT2D eigenvalue weighted by Gasteiger charge is 2.29. The van der Waals surface area contributed by atoms with Crippen LogP contribution in [0.25, 0.3) is 0 Å². The van der Waals surface area contributed by atoms with Gasteiger partial charge in [0.05, 0.1) is 6.54 Å². The zero-order chi connectivity index (χ0) is 30.9. The summed E-state index contributed by atoms with van der Waals surface area (Å²) >= 11 is 3.44. The number of ether oxygens (including phenoxy) is 2. The monoisotopic (exact) mass is 693 g/mol. The van der Waals surface area contributed by atoms with E-state index in [1.807, 2.05) is 24.3 Å². The Hall–Kier alpha value is -2.62. The van der Waals surface area contributed by atoms with Gasteiger partial charge in [0.2, 0.25) is 11.8 Å². The minimum absolute atomic E-state index is 0. The van der Waals surface area contributed by atoms with Crippen LogP contribution in [0.1, 0.15) is 88.7 Å². The number of hydrogen-bond acceptors (Lipinski definition) is 5. The van der Waals surface area contributed by atoms with Crippen LogP contribution >= 0.6 is 15.9 Å². The number of halogens is 2. The summed E-state index contributed by atoms with van der Waals surface area (Å²) in [6.07, 6.45) is 11.4. The molecule has 2 amide bonds. The van der Waals surface area contributed by atoms with Gasteiger partial charge in [-0.2, -0.15) is 0 Å². The number of carbonyl (C=O) groups excluding carboxylic acids is 3. The maximum absolute atomic E-state index is 13.2. The fourth-order valence-corrected chi connectivity index (χ4v) is 5.84. The minimum Gasteiger partial charge on any atom is -1.00 e.